The van der Waals surface area contributed by atoms with Crippen molar-refractivity contribution in [2.24, 2.45) is 0 Å². The molecule has 0 radical (unpaired) electrons. The Morgan fingerprint density at radius 3 is 2.34 bits per heavy atom. The fourth-order valence-corrected chi connectivity index (χ4v) is 4.92. The monoisotopic (exact) mass is 417 g/mol. The summed E-state index contributed by atoms with van der Waals surface area (Å²) in [6, 6.07) is 4.43. The molecule has 4 rings (SSSR count). The number of pyridine rings is 1. The van der Waals surface area contributed by atoms with Gasteiger partial charge in [0.2, 0.25) is 5.91 Å². The average Bonchev–Trinajstić information content (AvgIpc) is 2.73. The van der Waals surface area contributed by atoms with E-state index < -0.39 is 0 Å². The first-order valence-corrected chi connectivity index (χ1v) is 11.9. The zero-order valence-electron chi connectivity index (χ0n) is 17.3. The van der Waals surface area contributed by atoms with Gasteiger partial charge in [0.25, 0.3) is 5.91 Å². The minimum Gasteiger partial charge on any atom is -0.339 e. The van der Waals surface area contributed by atoms with Crippen LogP contribution in [-0.2, 0) is 4.79 Å². The van der Waals surface area contributed by atoms with E-state index in [2.05, 4.69) is 14.8 Å². The van der Waals surface area contributed by atoms with Crippen LogP contribution in [0.2, 0.25) is 0 Å². The first kappa shape index (κ1) is 20.6. The van der Waals surface area contributed by atoms with E-state index in [4.69, 9.17) is 0 Å². The van der Waals surface area contributed by atoms with E-state index in [1.54, 1.807) is 6.20 Å². The van der Waals surface area contributed by atoms with Crippen molar-refractivity contribution in [2.45, 2.75) is 30.3 Å². The molecule has 7 nitrogen and oxygen atoms in total. The van der Waals surface area contributed by atoms with Crippen LogP contribution >= 0.6 is 11.8 Å². The summed E-state index contributed by atoms with van der Waals surface area (Å²) < 4.78 is 0. The summed E-state index contributed by atoms with van der Waals surface area (Å²) >= 11 is 1.50. The maximum Gasteiger partial charge on any atom is 0.256 e. The lowest BCUT2D eigenvalue weighted by Gasteiger charge is -2.43. The lowest BCUT2D eigenvalue weighted by atomic mass is 9.91. The van der Waals surface area contributed by atoms with Gasteiger partial charge in [0.1, 0.15) is 5.03 Å². The number of amides is 2. The van der Waals surface area contributed by atoms with Crippen LogP contribution in [-0.4, -0.2) is 108 Å². The number of nitrogens with zero attached hydrogens (tertiary/aromatic N) is 5. The third kappa shape index (κ3) is 4.75. The smallest absolute Gasteiger partial charge is 0.256 e. The molecule has 3 fully saturated rings. The van der Waals surface area contributed by atoms with Crippen LogP contribution in [0.25, 0.3) is 0 Å². The Kier molecular flexibility index (Phi) is 6.72. The minimum atomic E-state index is 0.0422. The average molecular weight is 418 g/mol. The molecule has 1 aliphatic carbocycles. The van der Waals surface area contributed by atoms with E-state index in [1.165, 1.54) is 31.0 Å². The molecule has 3 aliphatic rings. The second-order valence-corrected chi connectivity index (χ2v) is 8.93. The molecule has 8 heteroatoms. The number of carbonyl (C=O) groups is 2. The van der Waals surface area contributed by atoms with E-state index in [-0.39, 0.29) is 11.8 Å². The minimum absolute atomic E-state index is 0.0422. The molecule has 0 spiro atoms. The number of hydrogen-bond donors (Lipinski definition) is 0. The molecule has 0 bridgehead atoms. The summed E-state index contributed by atoms with van der Waals surface area (Å²) in [5, 5.41) is 0.774. The summed E-state index contributed by atoms with van der Waals surface area (Å²) in [6.45, 7) is 7.01. The molecule has 1 aromatic rings. The lowest BCUT2D eigenvalue weighted by Crippen LogP contribution is -2.56. The SMILES string of the molecule is CSc1ncccc1C(=O)N1CCN(CC(=O)N2CCN(C3CCC3)CC2)CC1. The molecule has 0 N–H and O–H groups in total. The second-order valence-electron chi connectivity index (χ2n) is 8.13. The van der Waals surface area contributed by atoms with Crippen LogP contribution in [0.4, 0.5) is 0 Å². The highest BCUT2D eigenvalue weighted by atomic mass is 32.2. The van der Waals surface area contributed by atoms with Gasteiger partial charge in [0, 0.05) is 64.6 Å². The molecule has 3 heterocycles. The predicted molar refractivity (Wildman–Crippen MR) is 114 cm³/mol. The molecule has 2 saturated heterocycles. The van der Waals surface area contributed by atoms with Gasteiger partial charge in [-0.2, -0.15) is 0 Å². The second kappa shape index (κ2) is 9.45. The fourth-order valence-electron chi connectivity index (χ4n) is 4.38. The Labute approximate surface area is 177 Å². The molecule has 158 valence electrons. The quantitative estimate of drug-likeness (QED) is 0.673. The highest BCUT2D eigenvalue weighted by molar-refractivity contribution is 7.98. The number of rotatable bonds is 5. The van der Waals surface area contributed by atoms with E-state index in [0.29, 0.717) is 25.2 Å². The summed E-state index contributed by atoms with van der Waals surface area (Å²) in [4.78, 5) is 38.5. The number of thioether (sulfide) groups is 1. The number of aromatic nitrogens is 1. The van der Waals surface area contributed by atoms with Crippen LogP contribution in [0.5, 0.6) is 0 Å². The van der Waals surface area contributed by atoms with Gasteiger partial charge in [-0.1, -0.05) is 6.42 Å². The molecule has 1 saturated carbocycles. The third-order valence-corrected chi connectivity index (χ3v) is 7.18. The number of carbonyl (C=O) groups excluding carboxylic acids is 2. The first-order valence-electron chi connectivity index (χ1n) is 10.7. The van der Waals surface area contributed by atoms with E-state index in [1.807, 2.05) is 28.2 Å². The van der Waals surface area contributed by atoms with Crippen molar-refractivity contribution in [3.05, 3.63) is 23.9 Å². The van der Waals surface area contributed by atoms with Gasteiger partial charge in [0.15, 0.2) is 0 Å². The van der Waals surface area contributed by atoms with Crippen molar-refractivity contribution in [1.29, 1.82) is 0 Å². The molecule has 0 atom stereocenters. The summed E-state index contributed by atoms with van der Waals surface area (Å²) in [5.74, 6) is 0.274. The Morgan fingerprint density at radius 2 is 1.72 bits per heavy atom. The highest BCUT2D eigenvalue weighted by Gasteiger charge is 2.30. The Bertz CT molecular complexity index is 726. The van der Waals surface area contributed by atoms with Crippen molar-refractivity contribution in [3.63, 3.8) is 0 Å². The van der Waals surface area contributed by atoms with E-state index in [0.717, 1.165) is 50.3 Å². The van der Waals surface area contributed by atoms with Crippen LogP contribution in [0, 0.1) is 0 Å². The maximum atomic E-state index is 12.8. The van der Waals surface area contributed by atoms with Crippen molar-refractivity contribution in [2.75, 3.05) is 65.2 Å². The number of piperazine rings is 2. The molecule has 1 aromatic heterocycles. The van der Waals surface area contributed by atoms with Gasteiger partial charge in [-0.15, -0.1) is 11.8 Å². The predicted octanol–water partition coefficient (Wildman–Crippen LogP) is 1.26. The molecule has 0 aromatic carbocycles. The third-order valence-electron chi connectivity index (χ3n) is 6.47. The molecule has 2 aliphatic heterocycles. The summed E-state index contributed by atoms with van der Waals surface area (Å²) in [7, 11) is 0. The van der Waals surface area contributed by atoms with Gasteiger partial charge >= 0.3 is 0 Å². The molecular formula is C21H31N5O2S. The van der Waals surface area contributed by atoms with Crippen molar-refractivity contribution in [1.82, 2.24) is 24.6 Å². The molecule has 29 heavy (non-hydrogen) atoms. The largest absolute Gasteiger partial charge is 0.339 e. The Balaban J connectivity index is 1.22. The van der Waals surface area contributed by atoms with Crippen molar-refractivity contribution < 1.29 is 9.59 Å². The van der Waals surface area contributed by atoms with Gasteiger partial charge in [-0.3, -0.25) is 19.4 Å². The van der Waals surface area contributed by atoms with Crippen molar-refractivity contribution >= 4 is 23.6 Å². The van der Waals surface area contributed by atoms with Crippen LogP contribution in [0.1, 0.15) is 29.6 Å². The van der Waals surface area contributed by atoms with Gasteiger partial charge in [-0.25, -0.2) is 4.98 Å². The first-order chi connectivity index (χ1) is 14.2. The summed E-state index contributed by atoms with van der Waals surface area (Å²) in [5.41, 5.74) is 0.675. The normalized spacial score (nSPS) is 21.8. The van der Waals surface area contributed by atoms with Crippen LogP contribution < -0.4 is 0 Å². The van der Waals surface area contributed by atoms with Crippen molar-refractivity contribution in [3.8, 4) is 0 Å². The van der Waals surface area contributed by atoms with Crippen LogP contribution in [0.3, 0.4) is 0 Å². The zero-order valence-corrected chi connectivity index (χ0v) is 18.1. The lowest BCUT2D eigenvalue weighted by molar-refractivity contribution is -0.135. The number of hydrogen-bond acceptors (Lipinski definition) is 6. The topological polar surface area (TPSA) is 60.0 Å². The Morgan fingerprint density at radius 1 is 1.03 bits per heavy atom. The van der Waals surface area contributed by atoms with E-state index in [9.17, 15) is 9.59 Å². The van der Waals surface area contributed by atoms with Crippen LogP contribution in [0.15, 0.2) is 23.4 Å². The van der Waals surface area contributed by atoms with E-state index >= 15 is 0 Å². The molecular weight excluding hydrogens is 386 g/mol. The van der Waals surface area contributed by atoms with Gasteiger partial charge in [0.05, 0.1) is 12.1 Å². The highest BCUT2D eigenvalue weighted by Crippen LogP contribution is 2.25. The fraction of sp³-hybridized carbons (Fsp3) is 0.667. The molecule has 0 unspecified atom stereocenters. The van der Waals surface area contributed by atoms with Gasteiger partial charge in [-0.05, 0) is 31.2 Å². The summed E-state index contributed by atoms with van der Waals surface area (Å²) in [6.07, 6.45) is 7.67. The standard InChI is InChI=1S/C21H31N5O2S/c1-29-20-18(6-3-7-22-20)21(28)26-10-8-23(9-11-26)16-19(27)25-14-12-24(13-15-25)17-4-2-5-17/h3,6-7,17H,2,4-5,8-16H2,1H3. The van der Waals surface area contributed by atoms with Gasteiger partial charge < -0.3 is 9.80 Å². The Hall–Kier alpha value is -1.64. The zero-order chi connectivity index (χ0) is 20.2. The molecule has 2 amide bonds. The maximum absolute atomic E-state index is 12.8.